The number of hydrogen-bond donors (Lipinski definition) is 0. The van der Waals surface area contributed by atoms with Crippen molar-refractivity contribution in [3.63, 3.8) is 0 Å². The standard InChI is InChI=1S/C20H22O2.C5H11O2P/c1-11-7-13(3)17(14(4)8-11)19(21)20(22)18-15(5)9-12(2)10-16(18)6;1-3-7-5(6)4-8-2/h7-10H,1-6H3;8H,3-4H2,1-2H3. The van der Waals surface area contributed by atoms with Crippen LogP contribution in [0.5, 0.6) is 0 Å². The molecule has 162 valence electrons. The van der Waals surface area contributed by atoms with E-state index in [9.17, 15) is 14.4 Å². The molecule has 0 aliphatic carbocycles. The SMILES string of the molecule is CCOC(=O)CPC.Cc1cc(C)c(C(=O)C(=O)c2c(C)cc(C)cc2C)c(C)c1. The third-order valence-corrected chi connectivity index (χ3v) is 5.28. The summed E-state index contributed by atoms with van der Waals surface area (Å²) >= 11 is 0. The molecule has 0 N–H and O–H groups in total. The Balaban J connectivity index is 0.000000479. The van der Waals surface area contributed by atoms with E-state index < -0.39 is 11.6 Å². The molecule has 0 bridgehead atoms. The lowest BCUT2D eigenvalue weighted by atomic mass is 9.89. The third-order valence-electron chi connectivity index (χ3n) is 4.64. The zero-order chi connectivity index (χ0) is 23.0. The second-order valence-electron chi connectivity index (χ2n) is 7.54. The van der Waals surface area contributed by atoms with Crippen LogP contribution in [0, 0.1) is 41.5 Å². The summed E-state index contributed by atoms with van der Waals surface area (Å²) in [5.74, 6) is -0.900. The fourth-order valence-corrected chi connectivity index (χ4v) is 4.05. The topological polar surface area (TPSA) is 60.4 Å². The first kappa shape index (κ1) is 25.7. The van der Waals surface area contributed by atoms with E-state index in [1.807, 2.05) is 79.4 Å². The van der Waals surface area contributed by atoms with Gasteiger partial charge in [0.2, 0.25) is 11.6 Å². The number of ketones is 2. The van der Waals surface area contributed by atoms with Gasteiger partial charge in [-0.3, -0.25) is 14.4 Å². The molecule has 2 rings (SSSR count). The number of carbonyl (C=O) groups is 3. The highest BCUT2D eigenvalue weighted by atomic mass is 31.1. The van der Waals surface area contributed by atoms with Crippen LogP contribution in [0.15, 0.2) is 24.3 Å². The average Bonchev–Trinajstić information content (AvgIpc) is 2.60. The molecule has 0 aliphatic heterocycles. The second kappa shape index (κ2) is 11.8. The van der Waals surface area contributed by atoms with Gasteiger partial charge in [0.15, 0.2) is 0 Å². The van der Waals surface area contributed by atoms with E-state index in [4.69, 9.17) is 0 Å². The Kier molecular flexibility index (Phi) is 10.1. The molecule has 1 unspecified atom stereocenters. The number of ether oxygens (including phenoxy) is 1. The van der Waals surface area contributed by atoms with Crippen LogP contribution in [0.25, 0.3) is 0 Å². The van der Waals surface area contributed by atoms with Gasteiger partial charge in [-0.05, 0) is 77.4 Å². The van der Waals surface area contributed by atoms with Crippen LogP contribution in [0.1, 0.15) is 61.0 Å². The predicted molar refractivity (Wildman–Crippen MR) is 126 cm³/mol. The zero-order valence-electron chi connectivity index (χ0n) is 19.4. The predicted octanol–water partition coefficient (Wildman–Crippen LogP) is 5.46. The van der Waals surface area contributed by atoms with Crippen LogP contribution in [0.4, 0.5) is 0 Å². The van der Waals surface area contributed by atoms with Crippen molar-refractivity contribution in [1.29, 1.82) is 0 Å². The van der Waals surface area contributed by atoms with Gasteiger partial charge in [0.1, 0.15) is 0 Å². The van der Waals surface area contributed by atoms with Gasteiger partial charge in [0.25, 0.3) is 0 Å². The van der Waals surface area contributed by atoms with Crippen LogP contribution in [0.3, 0.4) is 0 Å². The molecule has 30 heavy (non-hydrogen) atoms. The molecule has 0 radical (unpaired) electrons. The highest BCUT2D eigenvalue weighted by Gasteiger charge is 2.24. The van der Waals surface area contributed by atoms with Gasteiger partial charge in [0.05, 0.1) is 12.8 Å². The molecule has 5 heteroatoms. The van der Waals surface area contributed by atoms with Gasteiger partial charge < -0.3 is 4.74 Å². The molecular weight excluding hydrogens is 395 g/mol. The van der Waals surface area contributed by atoms with Crippen molar-refractivity contribution in [1.82, 2.24) is 0 Å². The lowest BCUT2D eigenvalue weighted by Crippen LogP contribution is -2.19. The van der Waals surface area contributed by atoms with E-state index in [1.165, 1.54) is 0 Å². The lowest BCUT2D eigenvalue weighted by molar-refractivity contribution is -0.139. The number of Topliss-reactive ketones (excluding diaryl/α,β-unsaturated/α-hetero) is 2. The number of hydrogen-bond acceptors (Lipinski definition) is 4. The Labute approximate surface area is 182 Å². The van der Waals surface area contributed by atoms with E-state index in [0.717, 1.165) is 33.4 Å². The smallest absolute Gasteiger partial charge is 0.309 e. The van der Waals surface area contributed by atoms with Crippen molar-refractivity contribution in [3.8, 4) is 0 Å². The van der Waals surface area contributed by atoms with Crippen LogP contribution in [-0.2, 0) is 9.53 Å². The maximum absolute atomic E-state index is 12.7. The Hall–Kier alpha value is -2.32. The summed E-state index contributed by atoms with van der Waals surface area (Å²) in [6.07, 6.45) is 0.577. The molecule has 0 saturated heterocycles. The number of aryl methyl sites for hydroxylation is 6. The Morgan fingerprint density at radius 1 is 0.733 bits per heavy atom. The molecule has 0 aliphatic rings. The first-order chi connectivity index (χ1) is 14.0. The zero-order valence-corrected chi connectivity index (χ0v) is 20.4. The first-order valence-corrected chi connectivity index (χ1v) is 11.8. The summed E-state index contributed by atoms with van der Waals surface area (Å²) in [6, 6.07) is 7.79. The van der Waals surface area contributed by atoms with Crippen LogP contribution < -0.4 is 0 Å². The van der Waals surface area contributed by atoms with E-state index in [-0.39, 0.29) is 5.97 Å². The van der Waals surface area contributed by atoms with Crippen molar-refractivity contribution in [2.24, 2.45) is 0 Å². The number of esters is 1. The van der Waals surface area contributed by atoms with Crippen LogP contribution in [0.2, 0.25) is 0 Å². The third kappa shape index (κ3) is 6.88. The van der Waals surface area contributed by atoms with Crippen molar-refractivity contribution >= 4 is 26.1 Å². The fourth-order valence-electron chi connectivity index (χ4n) is 3.66. The highest BCUT2D eigenvalue weighted by molar-refractivity contribution is 7.38. The average molecular weight is 429 g/mol. The minimum Gasteiger partial charge on any atom is -0.466 e. The van der Waals surface area contributed by atoms with Gasteiger partial charge in [-0.25, -0.2) is 0 Å². The van der Waals surface area contributed by atoms with Crippen molar-refractivity contribution in [2.75, 3.05) is 19.4 Å². The number of benzene rings is 2. The first-order valence-electron chi connectivity index (χ1n) is 10.1. The largest absolute Gasteiger partial charge is 0.466 e. The van der Waals surface area contributed by atoms with Crippen molar-refractivity contribution in [3.05, 3.63) is 68.8 Å². The quantitative estimate of drug-likeness (QED) is 0.265. The highest BCUT2D eigenvalue weighted by Crippen LogP contribution is 2.22. The normalized spacial score (nSPS) is 10.5. The number of carbonyl (C=O) groups excluding carboxylic acids is 3. The minimum absolute atomic E-state index is 0.0756. The summed E-state index contributed by atoms with van der Waals surface area (Å²) < 4.78 is 4.65. The molecule has 0 aromatic heterocycles. The maximum atomic E-state index is 12.7. The molecule has 0 amide bonds. The summed E-state index contributed by atoms with van der Waals surface area (Å²) in [5.41, 5.74) is 6.71. The lowest BCUT2D eigenvalue weighted by Gasteiger charge is -2.13. The van der Waals surface area contributed by atoms with Gasteiger partial charge >= 0.3 is 5.97 Å². The molecule has 0 heterocycles. The molecule has 0 spiro atoms. The monoisotopic (exact) mass is 428 g/mol. The number of rotatable bonds is 6. The Bertz CT molecular complexity index is 823. The van der Waals surface area contributed by atoms with Gasteiger partial charge in [-0.2, -0.15) is 0 Å². The maximum Gasteiger partial charge on any atom is 0.309 e. The molecular formula is C25H33O4P. The van der Waals surface area contributed by atoms with E-state index in [2.05, 4.69) is 4.74 Å². The molecule has 1 atom stereocenters. The van der Waals surface area contributed by atoms with E-state index >= 15 is 0 Å². The summed E-state index contributed by atoms with van der Waals surface area (Å²) in [6.45, 7) is 15.8. The van der Waals surface area contributed by atoms with Crippen LogP contribution >= 0.6 is 8.58 Å². The summed E-state index contributed by atoms with van der Waals surface area (Å²) in [5, 5.41) is 0. The molecule has 0 fully saturated rings. The van der Waals surface area contributed by atoms with Crippen molar-refractivity contribution in [2.45, 2.75) is 48.5 Å². The Morgan fingerprint density at radius 2 is 1.07 bits per heavy atom. The second-order valence-corrected chi connectivity index (χ2v) is 8.60. The minimum atomic E-state index is -0.412. The Morgan fingerprint density at radius 3 is 1.33 bits per heavy atom. The molecule has 4 nitrogen and oxygen atoms in total. The van der Waals surface area contributed by atoms with E-state index in [1.54, 1.807) is 0 Å². The fraction of sp³-hybridized carbons (Fsp3) is 0.400. The molecule has 2 aromatic rings. The van der Waals surface area contributed by atoms with Crippen LogP contribution in [-0.4, -0.2) is 37.0 Å². The van der Waals surface area contributed by atoms with Gasteiger partial charge in [-0.1, -0.05) is 35.4 Å². The molecule has 2 aromatic carbocycles. The summed E-state index contributed by atoms with van der Waals surface area (Å²) in [7, 11) is 0.673. The van der Waals surface area contributed by atoms with Gasteiger partial charge in [0, 0.05) is 11.1 Å². The van der Waals surface area contributed by atoms with E-state index in [0.29, 0.717) is 32.5 Å². The molecule has 0 saturated carbocycles. The summed E-state index contributed by atoms with van der Waals surface area (Å²) in [4.78, 5) is 35.9. The van der Waals surface area contributed by atoms with Gasteiger partial charge in [-0.15, -0.1) is 8.58 Å². The van der Waals surface area contributed by atoms with Crippen molar-refractivity contribution < 1.29 is 19.1 Å².